The van der Waals surface area contributed by atoms with E-state index in [9.17, 15) is 8.42 Å². The molecular weight excluding hydrogens is 332 g/mol. The molecule has 0 radical (unpaired) electrons. The quantitative estimate of drug-likeness (QED) is 0.889. The van der Waals surface area contributed by atoms with E-state index in [-0.39, 0.29) is 10.7 Å². The van der Waals surface area contributed by atoms with Crippen LogP contribution in [0.1, 0.15) is 5.56 Å². The van der Waals surface area contributed by atoms with Crippen LogP contribution < -0.4 is 10.5 Å². The third-order valence-corrected chi connectivity index (χ3v) is 4.86. The molecule has 0 saturated carbocycles. The maximum atomic E-state index is 12.2. The number of hydrogen-bond donors (Lipinski definition) is 2. The van der Waals surface area contributed by atoms with Gasteiger partial charge >= 0.3 is 0 Å². The molecule has 0 fully saturated rings. The van der Waals surface area contributed by atoms with Gasteiger partial charge in [-0.25, -0.2) is 8.42 Å². The van der Waals surface area contributed by atoms with Crippen molar-refractivity contribution in [2.45, 2.75) is 11.8 Å². The van der Waals surface area contributed by atoms with Crippen molar-refractivity contribution < 1.29 is 8.42 Å². The number of aryl methyl sites for hydroxylation is 1. The van der Waals surface area contributed by atoms with Gasteiger partial charge in [-0.1, -0.05) is 22.0 Å². The van der Waals surface area contributed by atoms with Crippen LogP contribution in [-0.2, 0) is 17.1 Å². The molecule has 0 spiro atoms. The maximum absolute atomic E-state index is 12.2. The molecule has 1 heterocycles. The average Bonchev–Trinajstić information content (AvgIpc) is 2.65. The van der Waals surface area contributed by atoms with Gasteiger partial charge < -0.3 is 5.73 Å². The van der Waals surface area contributed by atoms with Gasteiger partial charge in [0.15, 0.2) is 5.82 Å². The van der Waals surface area contributed by atoms with E-state index < -0.39 is 10.0 Å². The summed E-state index contributed by atoms with van der Waals surface area (Å²) in [4.78, 5) is -0.0330. The predicted molar refractivity (Wildman–Crippen MR) is 77.3 cm³/mol. The monoisotopic (exact) mass is 344 g/mol. The molecule has 2 rings (SSSR count). The number of nitrogen functional groups attached to an aromatic ring is 1. The SMILES string of the molecule is Cc1c(Br)cccc1NS(=O)(=O)c1cn(C)nc1N. The molecule has 0 saturated heterocycles. The van der Waals surface area contributed by atoms with Crippen LogP contribution in [0, 0.1) is 6.92 Å². The highest BCUT2D eigenvalue weighted by Gasteiger charge is 2.21. The molecule has 0 aliphatic heterocycles. The van der Waals surface area contributed by atoms with Crippen molar-refractivity contribution >= 4 is 37.5 Å². The molecule has 3 N–H and O–H groups in total. The minimum absolute atomic E-state index is 0.0253. The van der Waals surface area contributed by atoms with E-state index >= 15 is 0 Å². The van der Waals surface area contributed by atoms with Gasteiger partial charge in [-0.05, 0) is 24.6 Å². The Hall–Kier alpha value is -1.54. The van der Waals surface area contributed by atoms with E-state index in [0.717, 1.165) is 10.0 Å². The molecule has 0 unspecified atom stereocenters. The van der Waals surface area contributed by atoms with E-state index in [0.29, 0.717) is 5.69 Å². The molecule has 2 aromatic rings. The molecule has 0 aliphatic carbocycles. The highest BCUT2D eigenvalue weighted by Crippen LogP contribution is 2.26. The van der Waals surface area contributed by atoms with Crippen LogP contribution >= 0.6 is 15.9 Å². The zero-order valence-corrected chi connectivity index (χ0v) is 12.8. The van der Waals surface area contributed by atoms with E-state index in [1.165, 1.54) is 10.9 Å². The summed E-state index contributed by atoms with van der Waals surface area (Å²) in [5.41, 5.74) is 6.89. The lowest BCUT2D eigenvalue weighted by atomic mass is 10.2. The summed E-state index contributed by atoms with van der Waals surface area (Å²) in [5, 5.41) is 3.82. The van der Waals surface area contributed by atoms with Gasteiger partial charge in [0.25, 0.3) is 10.0 Å². The van der Waals surface area contributed by atoms with Gasteiger partial charge in [-0.2, -0.15) is 5.10 Å². The third-order valence-electron chi connectivity index (χ3n) is 2.62. The number of halogens is 1. The molecule has 1 aromatic heterocycles. The molecule has 1 aromatic carbocycles. The number of anilines is 2. The lowest BCUT2D eigenvalue weighted by molar-refractivity contribution is 0.601. The van der Waals surface area contributed by atoms with E-state index in [1.807, 2.05) is 13.0 Å². The van der Waals surface area contributed by atoms with Crippen molar-refractivity contribution in [2.75, 3.05) is 10.5 Å². The molecule has 102 valence electrons. The Balaban J connectivity index is 2.42. The van der Waals surface area contributed by atoms with Gasteiger partial charge in [0.2, 0.25) is 0 Å². The minimum Gasteiger partial charge on any atom is -0.381 e. The lowest BCUT2D eigenvalue weighted by Gasteiger charge is -2.10. The molecule has 19 heavy (non-hydrogen) atoms. The van der Waals surface area contributed by atoms with Crippen LogP contribution in [-0.4, -0.2) is 18.2 Å². The van der Waals surface area contributed by atoms with Crippen molar-refractivity contribution in [1.82, 2.24) is 9.78 Å². The van der Waals surface area contributed by atoms with Gasteiger partial charge in [0, 0.05) is 17.7 Å². The number of nitrogens with zero attached hydrogens (tertiary/aromatic N) is 2. The summed E-state index contributed by atoms with van der Waals surface area (Å²) in [6, 6.07) is 5.28. The lowest BCUT2D eigenvalue weighted by Crippen LogP contribution is -2.14. The highest BCUT2D eigenvalue weighted by molar-refractivity contribution is 9.10. The van der Waals surface area contributed by atoms with Crippen molar-refractivity contribution in [2.24, 2.45) is 7.05 Å². The summed E-state index contributed by atoms with van der Waals surface area (Å²) >= 11 is 3.35. The maximum Gasteiger partial charge on any atom is 0.267 e. The summed E-state index contributed by atoms with van der Waals surface area (Å²) in [7, 11) is -2.13. The summed E-state index contributed by atoms with van der Waals surface area (Å²) in [5.74, 6) is -0.0253. The third kappa shape index (κ3) is 2.74. The first-order chi connectivity index (χ1) is 8.81. The Morgan fingerprint density at radius 1 is 1.42 bits per heavy atom. The normalized spacial score (nSPS) is 11.5. The van der Waals surface area contributed by atoms with Crippen LogP contribution in [0.5, 0.6) is 0 Å². The van der Waals surface area contributed by atoms with Gasteiger partial charge in [-0.3, -0.25) is 9.40 Å². The molecule has 0 bridgehead atoms. The second-order valence-electron chi connectivity index (χ2n) is 4.07. The number of rotatable bonds is 3. The van der Waals surface area contributed by atoms with Crippen LogP contribution in [0.3, 0.4) is 0 Å². The fourth-order valence-corrected chi connectivity index (χ4v) is 3.20. The minimum atomic E-state index is -3.74. The summed E-state index contributed by atoms with van der Waals surface area (Å²) in [6.07, 6.45) is 1.37. The molecule has 6 nitrogen and oxygen atoms in total. The van der Waals surface area contributed by atoms with Gasteiger partial charge in [0.1, 0.15) is 4.90 Å². The molecular formula is C11H13BrN4O2S. The van der Waals surface area contributed by atoms with Crippen LogP contribution in [0.25, 0.3) is 0 Å². The Bertz CT molecular complexity index is 724. The molecule has 0 aliphatic rings. The standard InChI is InChI=1S/C11H13BrN4O2S/c1-7-8(12)4-3-5-9(7)15-19(17,18)10-6-16(2)14-11(10)13/h3-6,15H,1-2H3,(H2,13,14). The number of sulfonamides is 1. The van der Waals surface area contributed by atoms with Crippen molar-refractivity contribution in [3.63, 3.8) is 0 Å². The van der Waals surface area contributed by atoms with Crippen LogP contribution in [0.4, 0.5) is 11.5 Å². The zero-order chi connectivity index (χ0) is 14.2. The second kappa shape index (κ2) is 4.86. The Morgan fingerprint density at radius 2 is 2.11 bits per heavy atom. The predicted octanol–water partition coefficient (Wildman–Crippen LogP) is 1.87. The molecule has 0 atom stereocenters. The molecule has 8 heteroatoms. The van der Waals surface area contributed by atoms with Crippen LogP contribution in [0.2, 0.25) is 0 Å². The first kappa shape index (κ1) is 13.9. The zero-order valence-electron chi connectivity index (χ0n) is 10.4. The number of aromatic nitrogens is 2. The first-order valence-electron chi connectivity index (χ1n) is 5.38. The van der Waals surface area contributed by atoms with Crippen molar-refractivity contribution in [3.05, 3.63) is 34.4 Å². The highest BCUT2D eigenvalue weighted by atomic mass is 79.9. The smallest absolute Gasteiger partial charge is 0.267 e. The fraction of sp³-hybridized carbons (Fsp3) is 0.182. The largest absolute Gasteiger partial charge is 0.381 e. The second-order valence-corrected chi connectivity index (χ2v) is 6.58. The number of benzene rings is 1. The number of nitrogens with two attached hydrogens (primary N) is 1. The Labute approximate surface area is 119 Å². The van der Waals surface area contributed by atoms with E-state index in [2.05, 4.69) is 25.8 Å². The van der Waals surface area contributed by atoms with Gasteiger partial charge in [-0.15, -0.1) is 0 Å². The van der Waals surface area contributed by atoms with Crippen molar-refractivity contribution in [3.8, 4) is 0 Å². The Morgan fingerprint density at radius 3 is 2.68 bits per heavy atom. The van der Waals surface area contributed by atoms with E-state index in [4.69, 9.17) is 5.73 Å². The van der Waals surface area contributed by atoms with E-state index in [1.54, 1.807) is 19.2 Å². The van der Waals surface area contributed by atoms with Gasteiger partial charge in [0.05, 0.1) is 5.69 Å². The summed E-state index contributed by atoms with van der Waals surface area (Å²) in [6.45, 7) is 1.81. The summed E-state index contributed by atoms with van der Waals surface area (Å²) < 4.78 is 29.2. The number of nitrogens with one attached hydrogen (secondary N) is 1. The first-order valence-corrected chi connectivity index (χ1v) is 7.66. The fourth-order valence-electron chi connectivity index (χ4n) is 1.61. The Kier molecular flexibility index (Phi) is 3.55. The van der Waals surface area contributed by atoms with Crippen molar-refractivity contribution in [1.29, 1.82) is 0 Å². The molecule has 0 amide bonds. The topological polar surface area (TPSA) is 90.0 Å². The van der Waals surface area contributed by atoms with Crippen LogP contribution in [0.15, 0.2) is 33.8 Å². The number of hydrogen-bond acceptors (Lipinski definition) is 4. The average molecular weight is 345 g/mol.